The highest BCUT2D eigenvalue weighted by molar-refractivity contribution is 7.92. The largest absolute Gasteiger partial charge is 0.462 e. The molecule has 1 N–H and O–H groups in total. The third-order valence-corrected chi connectivity index (χ3v) is 6.35. The summed E-state index contributed by atoms with van der Waals surface area (Å²) < 4.78 is 39.3. The summed E-state index contributed by atoms with van der Waals surface area (Å²) in [5, 5.41) is 0.511. The molecule has 0 atom stereocenters. The lowest BCUT2D eigenvalue weighted by Crippen LogP contribution is -2.15. The van der Waals surface area contributed by atoms with Gasteiger partial charge in [-0.3, -0.25) is 4.72 Å². The first-order valence-electron chi connectivity index (χ1n) is 9.78. The topological polar surface area (TPSA) is 85.6 Å². The fraction of sp³-hybridized carbons (Fsp3) is 0.348. The van der Waals surface area contributed by atoms with Crippen LogP contribution in [0.4, 0.5) is 5.69 Å². The van der Waals surface area contributed by atoms with Crippen LogP contribution in [0.3, 0.4) is 0 Å². The second-order valence-electron chi connectivity index (χ2n) is 8.30. The van der Waals surface area contributed by atoms with Crippen molar-refractivity contribution in [3.63, 3.8) is 0 Å². The Morgan fingerprint density at radius 3 is 2.30 bits per heavy atom. The number of aryl methyl sites for hydroxylation is 2. The van der Waals surface area contributed by atoms with Gasteiger partial charge in [-0.2, -0.15) is 0 Å². The van der Waals surface area contributed by atoms with E-state index in [1.807, 2.05) is 12.1 Å². The summed E-state index contributed by atoms with van der Waals surface area (Å²) in [6.07, 6.45) is 0. The number of anilines is 1. The average Bonchev–Trinajstić information content (AvgIpc) is 2.96. The lowest BCUT2D eigenvalue weighted by atomic mass is 9.87. The van der Waals surface area contributed by atoms with Crippen molar-refractivity contribution in [2.24, 2.45) is 0 Å². The molecule has 0 aliphatic rings. The van der Waals surface area contributed by atoms with Gasteiger partial charge in [0.1, 0.15) is 16.9 Å². The van der Waals surface area contributed by atoms with E-state index in [9.17, 15) is 13.2 Å². The Bertz CT molecular complexity index is 1200. The minimum Gasteiger partial charge on any atom is -0.462 e. The monoisotopic (exact) mass is 429 g/mol. The number of hydrogen-bond acceptors (Lipinski definition) is 5. The average molecular weight is 430 g/mol. The Labute approximate surface area is 177 Å². The molecule has 1 aromatic heterocycles. The van der Waals surface area contributed by atoms with Crippen molar-refractivity contribution in [3.05, 3.63) is 58.8 Å². The number of hydrogen-bond donors (Lipinski definition) is 1. The summed E-state index contributed by atoms with van der Waals surface area (Å²) in [7, 11) is -3.80. The fourth-order valence-electron chi connectivity index (χ4n) is 3.27. The number of ether oxygens (including phenoxy) is 1. The maximum atomic E-state index is 13.0. The van der Waals surface area contributed by atoms with Crippen molar-refractivity contribution in [3.8, 4) is 0 Å². The molecule has 0 fully saturated rings. The van der Waals surface area contributed by atoms with Crippen LogP contribution in [0.1, 0.15) is 54.9 Å². The van der Waals surface area contributed by atoms with Crippen molar-refractivity contribution in [2.75, 3.05) is 11.3 Å². The van der Waals surface area contributed by atoms with Crippen LogP contribution in [-0.2, 0) is 20.2 Å². The van der Waals surface area contributed by atoms with E-state index >= 15 is 0 Å². The Hall–Kier alpha value is -2.80. The molecule has 0 radical (unpaired) electrons. The molecule has 3 rings (SSSR count). The van der Waals surface area contributed by atoms with Gasteiger partial charge in [0.25, 0.3) is 10.0 Å². The number of sulfonamides is 1. The Morgan fingerprint density at radius 2 is 1.73 bits per heavy atom. The van der Waals surface area contributed by atoms with Crippen LogP contribution in [0.5, 0.6) is 0 Å². The van der Waals surface area contributed by atoms with Gasteiger partial charge in [0.2, 0.25) is 0 Å². The van der Waals surface area contributed by atoms with Crippen LogP contribution in [0.25, 0.3) is 11.0 Å². The van der Waals surface area contributed by atoms with E-state index in [0.717, 1.165) is 5.56 Å². The number of carbonyl (C=O) groups is 1. The maximum Gasteiger partial charge on any atom is 0.342 e. The molecule has 6 nitrogen and oxygen atoms in total. The molecule has 3 aromatic rings. The van der Waals surface area contributed by atoms with E-state index in [2.05, 4.69) is 25.5 Å². The van der Waals surface area contributed by atoms with Crippen LogP contribution in [-0.4, -0.2) is 21.0 Å². The lowest BCUT2D eigenvalue weighted by molar-refractivity contribution is 0.0526. The molecule has 30 heavy (non-hydrogen) atoms. The summed E-state index contributed by atoms with van der Waals surface area (Å²) in [6, 6.07) is 10.2. The summed E-state index contributed by atoms with van der Waals surface area (Å²) in [5.41, 5.74) is 2.86. The van der Waals surface area contributed by atoms with Crippen LogP contribution in [0, 0.1) is 13.8 Å². The second kappa shape index (κ2) is 7.80. The van der Waals surface area contributed by atoms with Gasteiger partial charge in [-0.1, -0.05) is 32.9 Å². The first-order chi connectivity index (χ1) is 13.9. The highest BCUT2D eigenvalue weighted by Gasteiger charge is 2.23. The Balaban J connectivity index is 2.01. The van der Waals surface area contributed by atoms with Gasteiger partial charge in [0.05, 0.1) is 17.2 Å². The third-order valence-electron chi connectivity index (χ3n) is 4.97. The van der Waals surface area contributed by atoms with E-state index in [1.165, 1.54) is 0 Å². The normalized spacial score (nSPS) is 12.2. The van der Waals surface area contributed by atoms with Crippen LogP contribution in [0.2, 0.25) is 0 Å². The van der Waals surface area contributed by atoms with Crippen molar-refractivity contribution in [2.45, 2.75) is 51.9 Å². The number of carbonyl (C=O) groups excluding carboxylic acids is 1. The number of nitrogens with one attached hydrogen (secondary N) is 1. The molecular weight excluding hydrogens is 402 g/mol. The molecule has 0 spiro atoms. The molecule has 0 saturated heterocycles. The van der Waals surface area contributed by atoms with E-state index in [1.54, 1.807) is 45.0 Å². The minimum atomic E-state index is -3.80. The molecule has 1 heterocycles. The summed E-state index contributed by atoms with van der Waals surface area (Å²) >= 11 is 0. The molecule has 7 heteroatoms. The minimum absolute atomic E-state index is 0.0695. The highest BCUT2D eigenvalue weighted by Crippen LogP contribution is 2.32. The predicted octanol–water partition coefficient (Wildman–Crippen LogP) is 5.32. The van der Waals surface area contributed by atoms with Crippen molar-refractivity contribution in [1.82, 2.24) is 0 Å². The zero-order valence-electron chi connectivity index (χ0n) is 18.1. The van der Waals surface area contributed by atoms with Gasteiger partial charge in [-0.15, -0.1) is 0 Å². The fourth-order valence-corrected chi connectivity index (χ4v) is 4.39. The molecular formula is C23H27NO5S. The summed E-state index contributed by atoms with van der Waals surface area (Å²) in [5.74, 6) is -0.0650. The van der Waals surface area contributed by atoms with Crippen LogP contribution < -0.4 is 4.72 Å². The van der Waals surface area contributed by atoms with Crippen LogP contribution in [0.15, 0.2) is 45.7 Å². The predicted molar refractivity (Wildman–Crippen MR) is 118 cm³/mol. The molecule has 2 aromatic carbocycles. The van der Waals surface area contributed by atoms with Gasteiger partial charge in [0, 0.05) is 5.39 Å². The van der Waals surface area contributed by atoms with E-state index in [4.69, 9.17) is 9.15 Å². The molecule has 0 aliphatic carbocycles. The molecule has 0 aliphatic heterocycles. The summed E-state index contributed by atoms with van der Waals surface area (Å²) in [6.45, 7) is 11.6. The maximum absolute atomic E-state index is 13.0. The van der Waals surface area contributed by atoms with Gasteiger partial charge in [-0.05, 0) is 61.6 Å². The first-order valence-corrected chi connectivity index (χ1v) is 11.3. The smallest absolute Gasteiger partial charge is 0.342 e. The van der Waals surface area contributed by atoms with Crippen molar-refractivity contribution in [1.29, 1.82) is 0 Å². The van der Waals surface area contributed by atoms with Gasteiger partial charge in [0.15, 0.2) is 0 Å². The van der Waals surface area contributed by atoms with Crippen molar-refractivity contribution < 1.29 is 22.4 Å². The first kappa shape index (κ1) is 21.9. The van der Waals surface area contributed by atoms with E-state index in [-0.39, 0.29) is 16.9 Å². The molecule has 0 saturated carbocycles. The van der Waals surface area contributed by atoms with Gasteiger partial charge < -0.3 is 9.15 Å². The standard InChI is InChI=1S/C23H27NO5S/c1-7-28-22(25)21-15(3)29-20-12-14(2)19(13-18(20)21)24-30(26,27)17-10-8-16(9-11-17)23(4,5)6/h8-13,24H,7H2,1-6H3. The number of esters is 1. The Morgan fingerprint density at radius 1 is 1.10 bits per heavy atom. The number of rotatable bonds is 5. The SMILES string of the molecule is CCOC(=O)c1c(C)oc2cc(C)c(NS(=O)(=O)c3ccc(C(C)(C)C)cc3)cc12. The zero-order valence-corrected chi connectivity index (χ0v) is 18.9. The van der Waals surface area contributed by atoms with E-state index < -0.39 is 16.0 Å². The quantitative estimate of drug-likeness (QED) is 0.555. The molecule has 0 unspecified atom stereocenters. The number of benzene rings is 2. The number of fused-ring (bicyclic) bond motifs is 1. The lowest BCUT2D eigenvalue weighted by Gasteiger charge is -2.19. The van der Waals surface area contributed by atoms with Crippen LogP contribution >= 0.6 is 0 Å². The second-order valence-corrected chi connectivity index (χ2v) is 9.98. The van der Waals surface area contributed by atoms with Crippen molar-refractivity contribution >= 4 is 32.6 Å². The zero-order chi connectivity index (χ0) is 22.3. The summed E-state index contributed by atoms with van der Waals surface area (Å²) in [4.78, 5) is 12.5. The van der Waals surface area contributed by atoms with Gasteiger partial charge >= 0.3 is 5.97 Å². The Kier molecular flexibility index (Phi) is 5.69. The van der Waals surface area contributed by atoms with Gasteiger partial charge in [-0.25, -0.2) is 13.2 Å². The third kappa shape index (κ3) is 4.21. The molecule has 0 bridgehead atoms. The highest BCUT2D eigenvalue weighted by atomic mass is 32.2. The number of furan rings is 1. The molecule has 0 amide bonds. The van der Waals surface area contributed by atoms with E-state index in [0.29, 0.717) is 33.5 Å². The molecule has 160 valence electrons.